The van der Waals surface area contributed by atoms with Crippen LogP contribution in [0.15, 0.2) is 18.3 Å². The molecule has 0 saturated carbocycles. The summed E-state index contributed by atoms with van der Waals surface area (Å²) in [6.45, 7) is 2.41. The summed E-state index contributed by atoms with van der Waals surface area (Å²) in [5.74, 6) is -1.35. The van der Waals surface area contributed by atoms with Crippen molar-refractivity contribution in [2.45, 2.75) is 25.9 Å². The zero-order chi connectivity index (χ0) is 15.5. The summed E-state index contributed by atoms with van der Waals surface area (Å²) in [5.41, 5.74) is 0.296. The van der Waals surface area contributed by atoms with Gasteiger partial charge in [0.05, 0.1) is 18.1 Å². The number of piperidine rings is 1. The van der Waals surface area contributed by atoms with Crippen molar-refractivity contribution >= 4 is 11.8 Å². The summed E-state index contributed by atoms with van der Waals surface area (Å²) in [6, 6.07) is 3.09. The van der Waals surface area contributed by atoms with Crippen LogP contribution in [0.25, 0.3) is 0 Å². The van der Waals surface area contributed by atoms with Gasteiger partial charge in [0.1, 0.15) is 5.82 Å². The number of anilines is 1. The number of carbonyl (C=O) groups is 1. The lowest BCUT2D eigenvalue weighted by Crippen LogP contribution is -2.42. The van der Waals surface area contributed by atoms with Gasteiger partial charge in [0.2, 0.25) is 0 Å². The third-order valence-corrected chi connectivity index (χ3v) is 3.47. The van der Waals surface area contributed by atoms with Crippen molar-refractivity contribution in [2.24, 2.45) is 5.92 Å². The van der Waals surface area contributed by atoms with Gasteiger partial charge in [-0.1, -0.05) is 0 Å². The molecule has 1 unspecified atom stereocenters. The monoisotopic (exact) mass is 302 g/mol. The molecule has 0 amide bonds. The molecular weight excluding hydrogens is 285 g/mol. The molecule has 1 aliphatic rings. The van der Waals surface area contributed by atoms with Gasteiger partial charge in [-0.3, -0.25) is 0 Å². The number of hydrogen-bond donors (Lipinski definition) is 0. The lowest BCUT2D eigenvalue weighted by Gasteiger charge is -2.34. The number of pyridine rings is 1. The van der Waals surface area contributed by atoms with Crippen LogP contribution in [0.3, 0.4) is 0 Å². The maximum Gasteiger partial charge on any atom is 0.393 e. The SMILES string of the molecule is CCOC(=O)c1ccc(N2CCCC(C(F)(F)F)C2)nc1. The molecule has 1 aromatic rings. The smallest absolute Gasteiger partial charge is 0.393 e. The Morgan fingerprint density at radius 3 is 2.81 bits per heavy atom. The Kier molecular flexibility index (Phi) is 4.69. The van der Waals surface area contributed by atoms with Gasteiger partial charge in [-0.15, -0.1) is 0 Å². The van der Waals surface area contributed by atoms with Gasteiger partial charge in [0, 0.05) is 19.3 Å². The van der Waals surface area contributed by atoms with Gasteiger partial charge >= 0.3 is 12.1 Å². The molecule has 1 fully saturated rings. The van der Waals surface area contributed by atoms with E-state index < -0.39 is 18.1 Å². The van der Waals surface area contributed by atoms with E-state index in [1.165, 1.54) is 12.3 Å². The molecule has 0 aromatic carbocycles. The number of esters is 1. The van der Waals surface area contributed by atoms with Crippen LogP contribution in [0.1, 0.15) is 30.1 Å². The number of carbonyl (C=O) groups excluding carboxylic acids is 1. The highest BCUT2D eigenvalue weighted by Crippen LogP contribution is 2.34. The van der Waals surface area contributed by atoms with Gasteiger partial charge in [0.25, 0.3) is 0 Å². The van der Waals surface area contributed by atoms with E-state index in [9.17, 15) is 18.0 Å². The molecule has 0 N–H and O–H groups in total. The molecule has 1 atom stereocenters. The Labute approximate surface area is 120 Å². The lowest BCUT2D eigenvalue weighted by atomic mass is 9.97. The fraction of sp³-hybridized carbons (Fsp3) is 0.571. The molecule has 2 heterocycles. The van der Waals surface area contributed by atoms with Crippen LogP contribution in [0, 0.1) is 5.92 Å². The van der Waals surface area contributed by atoms with Gasteiger partial charge in [-0.25, -0.2) is 9.78 Å². The van der Waals surface area contributed by atoms with E-state index in [1.54, 1.807) is 17.9 Å². The summed E-state index contributed by atoms with van der Waals surface area (Å²) in [4.78, 5) is 17.2. The average molecular weight is 302 g/mol. The lowest BCUT2D eigenvalue weighted by molar-refractivity contribution is -0.176. The topological polar surface area (TPSA) is 42.4 Å². The minimum Gasteiger partial charge on any atom is -0.462 e. The van der Waals surface area contributed by atoms with E-state index in [4.69, 9.17) is 4.74 Å². The molecule has 0 bridgehead atoms. The first-order valence-electron chi connectivity index (χ1n) is 6.86. The molecule has 4 nitrogen and oxygen atoms in total. The maximum atomic E-state index is 12.8. The molecule has 116 valence electrons. The van der Waals surface area contributed by atoms with E-state index in [-0.39, 0.29) is 19.6 Å². The molecule has 7 heteroatoms. The van der Waals surface area contributed by atoms with Crippen molar-refractivity contribution in [1.29, 1.82) is 0 Å². The first-order chi connectivity index (χ1) is 9.91. The maximum absolute atomic E-state index is 12.8. The van der Waals surface area contributed by atoms with Crippen molar-refractivity contribution in [3.05, 3.63) is 23.9 Å². The Balaban J connectivity index is 2.06. The van der Waals surface area contributed by atoms with E-state index in [2.05, 4.69) is 4.98 Å². The molecule has 0 spiro atoms. The first kappa shape index (κ1) is 15.6. The van der Waals surface area contributed by atoms with Crippen LogP contribution in [-0.2, 0) is 4.74 Å². The zero-order valence-corrected chi connectivity index (χ0v) is 11.7. The zero-order valence-electron chi connectivity index (χ0n) is 11.7. The average Bonchev–Trinajstić information content (AvgIpc) is 2.47. The van der Waals surface area contributed by atoms with Crippen LogP contribution in [0.2, 0.25) is 0 Å². The highest BCUT2D eigenvalue weighted by molar-refractivity contribution is 5.89. The summed E-state index contributed by atoms with van der Waals surface area (Å²) >= 11 is 0. The predicted molar refractivity (Wildman–Crippen MR) is 71.2 cm³/mol. The highest BCUT2D eigenvalue weighted by atomic mass is 19.4. The first-order valence-corrected chi connectivity index (χ1v) is 6.86. The number of ether oxygens (including phenoxy) is 1. The van der Waals surface area contributed by atoms with Gasteiger partial charge < -0.3 is 9.64 Å². The Bertz CT molecular complexity index is 488. The van der Waals surface area contributed by atoms with Crippen molar-refractivity contribution in [1.82, 2.24) is 4.98 Å². The van der Waals surface area contributed by atoms with Crippen LogP contribution in [0.5, 0.6) is 0 Å². The molecule has 1 saturated heterocycles. The molecule has 0 radical (unpaired) electrons. The standard InChI is InChI=1S/C14H17F3N2O2/c1-2-21-13(20)10-5-6-12(18-8-10)19-7-3-4-11(9-19)14(15,16)17/h5-6,8,11H,2-4,7,9H2,1H3. The number of nitrogens with zero attached hydrogens (tertiary/aromatic N) is 2. The minimum atomic E-state index is -4.18. The number of alkyl halides is 3. The molecular formula is C14H17F3N2O2. The van der Waals surface area contributed by atoms with Crippen LogP contribution in [-0.4, -0.2) is 36.8 Å². The molecule has 1 aliphatic heterocycles. The fourth-order valence-electron chi connectivity index (χ4n) is 2.36. The fourth-order valence-corrected chi connectivity index (χ4v) is 2.36. The summed E-state index contributed by atoms with van der Waals surface area (Å²) in [6.07, 6.45) is -2.21. The van der Waals surface area contributed by atoms with E-state index >= 15 is 0 Å². The van der Waals surface area contributed by atoms with Crippen molar-refractivity contribution in [3.8, 4) is 0 Å². The van der Waals surface area contributed by atoms with Gasteiger partial charge in [0.15, 0.2) is 0 Å². The highest BCUT2D eigenvalue weighted by Gasteiger charge is 2.42. The minimum absolute atomic E-state index is 0.0880. The summed E-state index contributed by atoms with van der Waals surface area (Å²) in [5, 5.41) is 0. The Morgan fingerprint density at radius 1 is 1.48 bits per heavy atom. The van der Waals surface area contributed by atoms with Crippen LogP contribution < -0.4 is 4.90 Å². The second-order valence-corrected chi connectivity index (χ2v) is 4.95. The molecule has 2 rings (SSSR count). The summed E-state index contributed by atoms with van der Waals surface area (Å²) < 4.78 is 43.2. The third-order valence-electron chi connectivity index (χ3n) is 3.47. The number of aromatic nitrogens is 1. The largest absolute Gasteiger partial charge is 0.462 e. The van der Waals surface area contributed by atoms with Gasteiger partial charge in [-0.2, -0.15) is 13.2 Å². The Morgan fingerprint density at radius 2 is 2.24 bits per heavy atom. The quantitative estimate of drug-likeness (QED) is 0.805. The second-order valence-electron chi connectivity index (χ2n) is 4.95. The van der Waals surface area contributed by atoms with E-state index in [0.717, 1.165) is 0 Å². The number of rotatable bonds is 3. The normalized spacial score (nSPS) is 19.4. The van der Waals surface area contributed by atoms with E-state index in [0.29, 0.717) is 24.3 Å². The molecule has 21 heavy (non-hydrogen) atoms. The van der Waals surface area contributed by atoms with Crippen molar-refractivity contribution in [3.63, 3.8) is 0 Å². The van der Waals surface area contributed by atoms with Crippen molar-refractivity contribution < 1.29 is 22.7 Å². The second kappa shape index (κ2) is 6.32. The summed E-state index contributed by atoms with van der Waals surface area (Å²) in [7, 11) is 0. The van der Waals surface area contributed by atoms with Crippen LogP contribution >= 0.6 is 0 Å². The third kappa shape index (κ3) is 3.86. The number of halogens is 3. The molecule has 1 aromatic heterocycles. The van der Waals surface area contributed by atoms with E-state index in [1.807, 2.05) is 0 Å². The number of hydrogen-bond acceptors (Lipinski definition) is 4. The predicted octanol–water partition coefficient (Wildman–Crippen LogP) is 3.04. The van der Waals surface area contributed by atoms with Gasteiger partial charge in [-0.05, 0) is 31.9 Å². The van der Waals surface area contributed by atoms with Crippen molar-refractivity contribution in [2.75, 3.05) is 24.6 Å². The Hall–Kier alpha value is -1.79. The van der Waals surface area contributed by atoms with Crippen LogP contribution in [0.4, 0.5) is 19.0 Å². The molecule has 0 aliphatic carbocycles.